The molecule has 0 amide bonds. The summed E-state index contributed by atoms with van der Waals surface area (Å²) in [6.45, 7) is 0. The minimum Gasteiger partial charge on any atom is -0.456 e. The molecule has 0 aliphatic rings. The van der Waals surface area contributed by atoms with Gasteiger partial charge in [-0.3, -0.25) is 0 Å². The zero-order valence-corrected chi connectivity index (χ0v) is 18.2. The van der Waals surface area contributed by atoms with Gasteiger partial charge in [0.15, 0.2) is 0 Å². The van der Waals surface area contributed by atoms with E-state index in [1.807, 2.05) is 42.5 Å². The quantitative estimate of drug-likeness (QED) is 0.275. The maximum Gasteiger partial charge on any atom is 0.136 e. The molecule has 0 spiro atoms. The summed E-state index contributed by atoms with van der Waals surface area (Å²) >= 11 is 0. The highest BCUT2D eigenvalue weighted by Crippen LogP contribution is 2.42. The number of fused-ring (bicyclic) bond motifs is 6. The smallest absolute Gasteiger partial charge is 0.136 e. The minimum absolute atomic E-state index is 0.633. The third kappa shape index (κ3) is 2.51. The van der Waals surface area contributed by atoms with Crippen molar-refractivity contribution in [2.75, 3.05) is 0 Å². The Morgan fingerprint density at radius 3 is 1.88 bits per heavy atom. The average Bonchev–Trinajstić information content (AvgIpc) is 3.44. The van der Waals surface area contributed by atoms with Crippen molar-refractivity contribution in [2.45, 2.75) is 0 Å². The molecule has 0 saturated carbocycles. The molecule has 3 nitrogen and oxygen atoms in total. The predicted octanol–water partition coefficient (Wildman–Crippen LogP) is 8.22. The molecule has 5 aromatic carbocycles. The van der Waals surface area contributed by atoms with Gasteiger partial charge in [-0.15, -0.1) is 0 Å². The molecule has 0 N–H and O–H groups in total. The van der Waals surface area contributed by atoms with E-state index in [0.29, 0.717) is 5.56 Å². The number of furan rings is 1. The Morgan fingerprint density at radius 2 is 1.15 bits per heavy atom. The summed E-state index contributed by atoms with van der Waals surface area (Å²) in [5.41, 5.74) is 7.44. The van der Waals surface area contributed by atoms with E-state index in [0.717, 1.165) is 49.8 Å². The molecular formula is C31H18N2O. The number of aromatic nitrogens is 1. The number of hydrogen-bond acceptors (Lipinski definition) is 2. The van der Waals surface area contributed by atoms with E-state index in [2.05, 4.69) is 77.4 Å². The average molecular weight is 434 g/mol. The van der Waals surface area contributed by atoms with Crippen LogP contribution in [-0.2, 0) is 0 Å². The first-order chi connectivity index (χ1) is 16.8. The summed E-state index contributed by atoms with van der Waals surface area (Å²) in [7, 11) is 0. The van der Waals surface area contributed by atoms with Crippen LogP contribution >= 0.6 is 0 Å². The maximum atomic E-state index is 10.2. The third-order valence-electron chi connectivity index (χ3n) is 6.65. The Labute approximate surface area is 195 Å². The van der Waals surface area contributed by atoms with E-state index in [1.165, 1.54) is 10.8 Å². The van der Waals surface area contributed by atoms with Crippen LogP contribution in [0.1, 0.15) is 5.56 Å². The Kier molecular flexibility index (Phi) is 3.91. The molecule has 0 atom stereocenters. The second kappa shape index (κ2) is 7.10. The van der Waals surface area contributed by atoms with Gasteiger partial charge in [0.05, 0.1) is 22.3 Å². The molecule has 7 rings (SSSR count). The van der Waals surface area contributed by atoms with Crippen molar-refractivity contribution < 1.29 is 4.42 Å². The van der Waals surface area contributed by atoms with Gasteiger partial charge in [-0.25, -0.2) is 0 Å². The van der Waals surface area contributed by atoms with Crippen LogP contribution < -0.4 is 0 Å². The number of benzene rings is 5. The summed E-state index contributed by atoms with van der Waals surface area (Å²) < 4.78 is 8.41. The zero-order valence-electron chi connectivity index (χ0n) is 18.2. The first-order valence-corrected chi connectivity index (χ1v) is 11.3. The standard InChI is InChI=1S/C31H18N2O/c32-19-20-9-7-14-24(23-13-8-18-29-30(23)25-12-3-6-17-28(25)34-29)31(20)33-26-15-4-1-10-21(26)22-11-2-5-16-27(22)33/h1-18H. The molecule has 34 heavy (non-hydrogen) atoms. The molecule has 3 heteroatoms. The van der Waals surface area contributed by atoms with Crippen molar-refractivity contribution >= 4 is 43.7 Å². The second-order valence-corrected chi connectivity index (χ2v) is 8.46. The van der Waals surface area contributed by atoms with Gasteiger partial charge in [0, 0.05) is 27.1 Å². The van der Waals surface area contributed by atoms with E-state index < -0.39 is 0 Å². The monoisotopic (exact) mass is 434 g/mol. The SMILES string of the molecule is N#Cc1cccc(-c2cccc3oc4ccccc4c23)c1-n1c2ccccc2c2ccccc21. The minimum atomic E-state index is 0.633. The van der Waals surface area contributed by atoms with Crippen molar-refractivity contribution in [1.82, 2.24) is 4.57 Å². The van der Waals surface area contributed by atoms with Gasteiger partial charge >= 0.3 is 0 Å². The van der Waals surface area contributed by atoms with E-state index in [-0.39, 0.29) is 0 Å². The fraction of sp³-hybridized carbons (Fsp3) is 0. The van der Waals surface area contributed by atoms with E-state index in [4.69, 9.17) is 4.42 Å². The lowest BCUT2D eigenvalue weighted by Gasteiger charge is -2.16. The lowest BCUT2D eigenvalue weighted by molar-refractivity contribution is 0.669. The third-order valence-corrected chi connectivity index (χ3v) is 6.65. The van der Waals surface area contributed by atoms with Gasteiger partial charge in [0.25, 0.3) is 0 Å². The topological polar surface area (TPSA) is 41.9 Å². The van der Waals surface area contributed by atoms with Crippen LogP contribution in [0.5, 0.6) is 0 Å². The fourth-order valence-electron chi connectivity index (χ4n) is 5.25. The first kappa shape index (κ1) is 18.7. The molecule has 2 heterocycles. The molecule has 0 aliphatic carbocycles. The van der Waals surface area contributed by atoms with Crippen LogP contribution in [-0.4, -0.2) is 4.57 Å². The van der Waals surface area contributed by atoms with Crippen molar-refractivity contribution in [2.24, 2.45) is 0 Å². The molecule has 7 aromatic rings. The zero-order chi connectivity index (χ0) is 22.6. The van der Waals surface area contributed by atoms with Gasteiger partial charge in [-0.05, 0) is 35.9 Å². The molecule has 0 radical (unpaired) electrons. The maximum absolute atomic E-state index is 10.2. The first-order valence-electron chi connectivity index (χ1n) is 11.3. The van der Waals surface area contributed by atoms with Crippen LogP contribution in [0.4, 0.5) is 0 Å². The highest BCUT2D eigenvalue weighted by Gasteiger charge is 2.21. The van der Waals surface area contributed by atoms with Crippen LogP contribution in [0.25, 0.3) is 60.6 Å². The van der Waals surface area contributed by atoms with Crippen molar-refractivity contribution in [3.8, 4) is 22.9 Å². The van der Waals surface area contributed by atoms with Crippen molar-refractivity contribution in [3.63, 3.8) is 0 Å². The summed E-state index contributed by atoms with van der Waals surface area (Å²) in [5, 5.41) is 14.7. The molecule has 2 aromatic heterocycles. The summed E-state index contributed by atoms with van der Waals surface area (Å²) in [5.74, 6) is 0. The number of nitrogens with zero attached hydrogens (tertiary/aromatic N) is 2. The van der Waals surface area contributed by atoms with Gasteiger partial charge < -0.3 is 8.98 Å². The number of hydrogen-bond donors (Lipinski definition) is 0. The number of para-hydroxylation sites is 4. The Bertz CT molecular complexity index is 1880. The molecule has 0 aliphatic heterocycles. The second-order valence-electron chi connectivity index (χ2n) is 8.46. The molecule has 158 valence electrons. The van der Waals surface area contributed by atoms with Crippen molar-refractivity contribution in [3.05, 3.63) is 115 Å². The predicted molar refractivity (Wildman–Crippen MR) is 138 cm³/mol. The molecule has 0 saturated heterocycles. The highest BCUT2D eigenvalue weighted by molar-refractivity contribution is 6.14. The molecule has 0 bridgehead atoms. The Balaban J connectivity index is 1.67. The highest BCUT2D eigenvalue weighted by atomic mass is 16.3. The van der Waals surface area contributed by atoms with Crippen LogP contribution in [0.15, 0.2) is 114 Å². The fourth-order valence-corrected chi connectivity index (χ4v) is 5.25. The van der Waals surface area contributed by atoms with Gasteiger partial charge in [-0.2, -0.15) is 5.26 Å². The molecular weight excluding hydrogens is 416 g/mol. The van der Waals surface area contributed by atoms with Crippen LogP contribution in [0.2, 0.25) is 0 Å². The van der Waals surface area contributed by atoms with Gasteiger partial charge in [0.2, 0.25) is 0 Å². The Hall–Kier alpha value is -4.81. The van der Waals surface area contributed by atoms with E-state index >= 15 is 0 Å². The summed E-state index contributed by atoms with van der Waals surface area (Å²) in [6.07, 6.45) is 0. The normalized spacial score (nSPS) is 11.5. The van der Waals surface area contributed by atoms with Gasteiger partial charge in [-0.1, -0.05) is 78.9 Å². The van der Waals surface area contributed by atoms with E-state index in [1.54, 1.807) is 0 Å². The molecule has 0 unspecified atom stereocenters. The molecule has 0 fully saturated rings. The van der Waals surface area contributed by atoms with E-state index in [9.17, 15) is 5.26 Å². The van der Waals surface area contributed by atoms with Crippen LogP contribution in [0.3, 0.4) is 0 Å². The van der Waals surface area contributed by atoms with Gasteiger partial charge in [0.1, 0.15) is 17.2 Å². The number of rotatable bonds is 2. The lowest BCUT2D eigenvalue weighted by Crippen LogP contribution is -2.01. The number of nitriles is 1. The largest absolute Gasteiger partial charge is 0.456 e. The summed E-state index contributed by atoms with van der Waals surface area (Å²) in [6, 6.07) is 39.5. The van der Waals surface area contributed by atoms with Crippen LogP contribution in [0, 0.1) is 11.3 Å². The summed E-state index contributed by atoms with van der Waals surface area (Å²) in [4.78, 5) is 0. The Morgan fingerprint density at radius 1 is 0.559 bits per heavy atom. The van der Waals surface area contributed by atoms with Crippen molar-refractivity contribution in [1.29, 1.82) is 5.26 Å². The lowest BCUT2D eigenvalue weighted by atomic mass is 9.95.